The Morgan fingerprint density at radius 2 is 0.719 bits per heavy atom. The molecular weight excluding hydrogens is 785 g/mol. The number of aromatic nitrogens is 4. The monoisotopic (exact) mass is 818 g/mol. The standard InChI is InChI=1S/C58H34N4O2/c1-3-15-35(16-4-1)47-34-48(60-58(59-47)36-17-5-2-6-18-36)55-56-45(43-31-37(27-29-53(43)63-56)61-49-23-11-7-19-39(49)40-20-8-12-24-50(40)61)33-46-44-32-38(28-30-54(44)64-57(46)55)62-51-25-13-9-21-41(51)42-22-10-14-26-52(42)62/h1-34H. The summed E-state index contributed by atoms with van der Waals surface area (Å²) in [6.45, 7) is 0. The number of nitrogens with zero attached hydrogens (tertiary/aromatic N) is 4. The van der Waals surface area contributed by atoms with Gasteiger partial charge in [0.1, 0.15) is 22.3 Å². The average molecular weight is 819 g/mol. The maximum atomic E-state index is 7.03. The minimum atomic E-state index is 0.622. The molecule has 0 amide bonds. The van der Waals surface area contributed by atoms with Crippen molar-refractivity contribution in [3.8, 4) is 45.3 Å². The minimum Gasteiger partial charge on any atom is -0.455 e. The van der Waals surface area contributed by atoms with Crippen molar-refractivity contribution < 1.29 is 8.83 Å². The van der Waals surface area contributed by atoms with Crippen molar-refractivity contribution in [2.24, 2.45) is 0 Å². The molecule has 5 heterocycles. The number of furan rings is 2. The molecule has 0 aliphatic heterocycles. The lowest BCUT2D eigenvalue weighted by Crippen LogP contribution is -1.96. The fourth-order valence-electron chi connectivity index (χ4n) is 10.1. The lowest BCUT2D eigenvalue weighted by Gasteiger charge is -2.10. The molecule has 0 unspecified atom stereocenters. The van der Waals surface area contributed by atoms with E-state index in [2.05, 4.69) is 179 Å². The zero-order valence-corrected chi connectivity index (χ0v) is 34.2. The van der Waals surface area contributed by atoms with Crippen molar-refractivity contribution in [3.63, 3.8) is 0 Å². The van der Waals surface area contributed by atoms with Gasteiger partial charge < -0.3 is 18.0 Å². The second kappa shape index (κ2) is 13.4. The third kappa shape index (κ3) is 5.08. The summed E-state index contributed by atoms with van der Waals surface area (Å²) in [5.74, 6) is 0.622. The average Bonchev–Trinajstić information content (AvgIpc) is 4.11. The number of para-hydroxylation sites is 4. The highest BCUT2D eigenvalue weighted by atomic mass is 16.3. The molecule has 0 radical (unpaired) electrons. The molecule has 0 saturated carbocycles. The molecule has 9 aromatic carbocycles. The van der Waals surface area contributed by atoms with Gasteiger partial charge in [0.05, 0.1) is 39.0 Å². The van der Waals surface area contributed by atoms with Crippen LogP contribution < -0.4 is 0 Å². The second-order valence-electron chi connectivity index (χ2n) is 16.5. The largest absolute Gasteiger partial charge is 0.455 e. The Bertz CT molecular complexity index is 3820. The van der Waals surface area contributed by atoms with Crippen molar-refractivity contribution in [3.05, 3.63) is 206 Å². The number of hydrogen-bond donors (Lipinski definition) is 0. The van der Waals surface area contributed by atoms with Crippen LogP contribution in [0.5, 0.6) is 0 Å². The summed E-state index contributed by atoms with van der Waals surface area (Å²) in [4.78, 5) is 10.5. The van der Waals surface area contributed by atoms with Gasteiger partial charge in [0.15, 0.2) is 5.82 Å². The summed E-state index contributed by atoms with van der Waals surface area (Å²) in [5.41, 5.74) is 13.9. The Labute approximate surface area is 365 Å². The van der Waals surface area contributed by atoms with Gasteiger partial charge in [-0.25, -0.2) is 9.97 Å². The fraction of sp³-hybridized carbons (Fsp3) is 0. The van der Waals surface area contributed by atoms with Crippen LogP contribution in [0.1, 0.15) is 0 Å². The molecule has 0 aliphatic rings. The van der Waals surface area contributed by atoms with Crippen molar-refractivity contribution in [1.82, 2.24) is 19.1 Å². The van der Waals surface area contributed by atoms with Gasteiger partial charge in [-0.15, -0.1) is 0 Å². The summed E-state index contributed by atoms with van der Waals surface area (Å²) < 4.78 is 18.8. The van der Waals surface area contributed by atoms with E-state index in [1.54, 1.807) is 0 Å². The van der Waals surface area contributed by atoms with Crippen LogP contribution in [0, 0.1) is 0 Å². The Balaban J connectivity index is 1.09. The maximum Gasteiger partial charge on any atom is 0.160 e. The summed E-state index contributed by atoms with van der Waals surface area (Å²) in [7, 11) is 0. The highest BCUT2D eigenvalue weighted by Gasteiger charge is 2.25. The molecule has 0 spiro atoms. The summed E-state index contributed by atoms with van der Waals surface area (Å²) >= 11 is 0. The Morgan fingerprint density at radius 3 is 1.19 bits per heavy atom. The van der Waals surface area contributed by atoms with Crippen molar-refractivity contribution in [2.75, 3.05) is 0 Å². The zero-order chi connectivity index (χ0) is 41.9. The van der Waals surface area contributed by atoms with Crippen LogP contribution in [0.3, 0.4) is 0 Å². The highest BCUT2D eigenvalue weighted by Crippen LogP contribution is 2.46. The van der Waals surface area contributed by atoms with Gasteiger partial charge in [0.2, 0.25) is 0 Å². The SMILES string of the molecule is c1ccc(-c2cc(-c3c4oc5ccc(-n6c7ccccc7c7ccccc76)cc5c4cc4c3oc3ccc(-n5c6ccccc6c6ccccc65)cc34)nc(-c3ccccc3)n2)cc1. The van der Waals surface area contributed by atoms with E-state index in [1.165, 1.54) is 21.5 Å². The van der Waals surface area contributed by atoms with E-state index in [0.717, 1.165) is 88.5 Å². The Kier molecular flexibility index (Phi) is 7.30. The van der Waals surface area contributed by atoms with Crippen molar-refractivity contribution in [1.29, 1.82) is 0 Å². The number of benzene rings is 9. The van der Waals surface area contributed by atoms with E-state index >= 15 is 0 Å². The molecule has 14 aromatic rings. The van der Waals surface area contributed by atoms with Gasteiger partial charge in [0.25, 0.3) is 0 Å². The predicted molar refractivity (Wildman–Crippen MR) is 262 cm³/mol. The van der Waals surface area contributed by atoms with Gasteiger partial charge >= 0.3 is 0 Å². The number of hydrogen-bond acceptors (Lipinski definition) is 4. The molecule has 298 valence electrons. The Morgan fingerprint density at radius 1 is 0.312 bits per heavy atom. The van der Waals surface area contributed by atoms with Crippen LogP contribution in [0.4, 0.5) is 0 Å². The van der Waals surface area contributed by atoms with E-state index in [4.69, 9.17) is 18.8 Å². The molecule has 0 fully saturated rings. The smallest absolute Gasteiger partial charge is 0.160 e. The van der Waals surface area contributed by atoms with Crippen LogP contribution in [0.25, 0.3) is 133 Å². The number of fused-ring (bicyclic) bond motifs is 12. The predicted octanol–water partition coefficient (Wildman–Crippen LogP) is 15.5. The highest BCUT2D eigenvalue weighted by molar-refractivity contribution is 6.22. The summed E-state index contributed by atoms with van der Waals surface area (Å²) in [6, 6.07) is 72.3. The number of rotatable bonds is 5. The molecule has 0 bridgehead atoms. The molecular formula is C58H34N4O2. The van der Waals surface area contributed by atoms with Gasteiger partial charge in [-0.3, -0.25) is 0 Å². The van der Waals surface area contributed by atoms with Gasteiger partial charge in [-0.2, -0.15) is 0 Å². The third-order valence-electron chi connectivity index (χ3n) is 12.9. The lowest BCUT2D eigenvalue weighted by atomic mass is 10.00. The molecule has 64 heavy (non-hydrogen) atoms. The molecule has 6 nitrogen and oxygen atoms in total. The quantitative estimate of drug-likeness (QED) is 0.174. The molecule has 0 atom stereocenters. The molecule has 6 heteroatoms. The lowest BCUT2D eigenvalue weighted by molar-refractivity contribution is 0.657. The van der Waals surface area contributed by atoms with E-state index in [0.29, 0.717) is 22.7 Å². The van der Waals surface area contributed by atoms with E-state index in [9.17, 15) is 0 Å². The fourth-order valence-corrected chi connectivity index (χ4v) is 10.1. The first-order valence-electron chi connectivity index (χ1n) is 21.6. The molecule has 0 saturated heterocycles. The van der Waals surface area contributed by atoms with Crippen molar-refractivity contribution >= 4 is 87.5 Å². The van der Waals surface area contributed by atoms with Crippen molar-refractivity contribution in [2.45, 2.75) is 0 Å². The topological polar surface area (TPSA) is 61.9 Å². The van der Waals surface area contributed by atoms with Crippen LogP contribution in [-0.2, 0) is 0 Å². The zero-order valence-electron chi connectivity index (χ0n) is 34.2. The van der Waals surface area contributed by atoms with Crippen LogP contribution in [0.15, 0.2) is 215 Å². The van der Waals surface area contributed by atoms with Gasteiger partial charge in [-0.1, -0.05) is 133 Å². The second-order valence-corrected chi connectivity index (χ2v) is 16.5. The van der Waals surface area contributed by atoms with E-state index in [1.807, 2.05) is 36.4 Å². The Hall–Kier alpha value is -8.74. The maximum absolute atomic E-state index is 7.03. The summed E-state index contributed by atoms with van der Waals surface area (Å²) in [6.07, 6.45) is 0. The normalized spacial score (nSPS) is 12.1. The minimum absolute atomic E-state index is 0.622. The molecule has 0 aliphatic carbocycles. The molecule has 14 rings (SSSR count). The first kappa shape index (κ1) is 34.9. The van der Waals surface area contributed by atoms with Crippen LogP contribution in [-0.4, -0.2) is 19.1 Å². The third-order valence-corrected chi connectivity index (χ3v) is 12.9. The first-order chi connectivity index (χ1) is 31.7. The van der Waals surface area contributed by atoms with E-state index in [-0.39, 0.29) is 0 Å². The summed E-state index contributed by atoms with van der Waals surface area (Å²) in [5, 5.41) is 8.84. The molecule has 0 N–H and O–H groups in total. The van der Waals surface area contributed by atoms with Crippen LogP contribution >= 0.6 is 0 Å². The van der Waals surface area contributed by atoms with Crippen LogP contribution in [0.2, 0.25) is 0 Å². The van der Waals surface area contributed by atoms with E-state index < -0.39 is 0 Å². The molecule has 5 aromatic heterocycles. The first-order valence-corrected chi connectivity index (χ1v) is 21.6. The van der Waals surface area contributed by atoms with Gasteiger partial charge in [-0.05, 0) is 72.8 Å². The van der Waals surface area contributed by atoms with Gasteiger partial charge in [0, 0.05) is 65.6 Å².